The van der Waals surface area contributed by atoms with Gasteiger partial charge in [-0.3, -0.25) is 14.6 Å². The highest BCUT2D eigenvalue weighted by Gasteiger charge is 2.12. The summed E-state index contributed by atoms with van der Waals surface area (Å²) in [6, 6.07) is 15.1. The van der Waals surface area contributed by atoms with E-state index in [9.17, 15) is 4.79 Å². The normalized spacial score (nSPS) is 10.8. The van der Waals surface area contributed by atoms with E-state index in [4.69, 9.17) is 0 Å². The van der Waals surface area contributed by atoms with Crippen molar-refractivity contribution in [3.63, 3.8) is 0 Å². The van der Waals surface area contributed by atoms with Crippen molar-refractivity contribution < 1.29 is 4.79 Å². The Morgan fingerprint density at radius 3 is 2.96 bits per heavy atom. The van der Waals surface area contributed by atoms with Gasteiger partial charge in [-0.2, -0.15) is 10.2 Å². The molecule has 6 heteroatoms. The number of nitrogens with one attached hydrogen (secondary N) is 2. The predicted molar refractivity (Wildman–Crippen MR) is 91.8 cm³/mol. The molecule has 0 saturated carbocycles. The minimum Gasteiger partial charge on any atom is -0.322 e. The van der Waals surface area contributed by atoms with Crippen LogP contribution in [0.5, 0.6) is 0 Å². The summed E-state index contributed by atoms with van der Waals surface area (Å²) in [4.78, 5) is 12.7. The monoisotopic (exact) mass is 317 g/mol. The van der Waals surface area contributed by atoms with Gasteiger partial charge in [0.1, 0.15) is 0 Å². The first-order chi connectivity index (χ1) is 11.8. The standard InChI is InChI=1S/C18H15N5O/c24-18(21-15-6-7-17-14(10-15)11-19-22-17)16-5-2-1-4-13(16)12-23-9-3-8-20-23/h1-11H,12H2,(H,19,22)(H,21,24). The summed E-state index contributed by atoms with van der Waals surface area (Å²) in [5.41, 5.74) is 3.23. The molecule has 2 aromatic carbocycles. The SMILES string of the molecule is O=C(Nc1ccc2[nH]ncc2c1)c1ccccc1Cn1cccn1. The van der Waals surface area contributed by atoms with E-state index in [1.54, 1.807) is 17.1 Å². The average molecular weight is 317 g/mol. The van der Waals surface area contributed by atoms with Gasteiger partial charge in [0.15, 0.2) is 0 Å². The van der Waals surface area contributed by atoms with E-state index < -0.39 is 0 Å². The van der Waals surface area contributed by atoms with Crippen LogP contribution in [0.1, 0.15) is 15.9 Å². The third-order valence-electron chi connectivity index (χ3n) is 3.85. The molecule has 4 aromatic rings. The number of amides is 1. The first-order valence-electron chi connectivity index (χ1n) is 7.59. The van der Waals surface area contributed by atoms with Gasteiger partial charge in [0.05, 0.1) is 18.3 Å². The van der Waals surface area contributed by atoms with Gasteiger partial charge in [-0.25, -0.2) is 0 Å². The number of rotatable bonds is 4. The number of carbonyl (C=O) groups is 1. The minimum absolute atomic E-state index is 0.138. The molecular formula is C18H15N5O. The van der Waals surface area contributed by atoms with Gasteiger partial charge in [-0.05, 0) is 35.9 Å². The van der Waals surface area contributed by atoms with Crippen molar-refractivity contribution in [3.05, 3.63) is 78.2 Å². The molecule has 6 nitrogen and oxygen atoms in total. The topological polar surface area (TPSA) is 75.6 Å². The van der Waals surface area contributed by atoms with E-state index in [-0.39, 0.29) is 5.91 Å². The molecule has 0 fully saturated rings. The molecule has 2 heterocycles. The summed E-state index contributed by atoms with van der Waals surface area (Å²) >= 11 is 0. The molecule has 0 aliphatic heterocycles. The molecule has 118 valence electrons. The highest BCUT2D eigenvalue weighted by molar-refractivity contribution is 6.06. The highest BCUT2D eigenvalue weighted by atomic mass is 16.1. The molecule has 0 saturated heterocycles. The van der Waals surface area contributed by atoms with Crippen LogP contribution in [0, 0.1) is 0 Å². The smallest absolute Gasteiger partial charge is 0.256 e. The number of carbonyl (C=O) groups excluding carboxylic acids is 1. The Morgan fingerprint density at radius 1 is 1.17 bits per heavy atom. The van der Waals surface area contributed by atoms with Crippen molar-refractivity contribution in [2.75, 3.05) is 5.32 Å². The van der Waals surface area contributed by atoms with Crippen LogP contribution >= 0.6 is 0 Å². The van der Waals surface area contributed by atoms with Gasteiger partial charge in [-0.15, -0.1) is 0 Å². The first-order valence-corrected chi connectivity index (χ1v) is 7.59. The third-order valence-corrected chi connectivity index (χ3v) is 3.85. The van der Waals surface area contributed by atoms with Gasteiger partial charge in [0.25, 0.3) is 5.91 Å². The molecule has 0 aliphatic rings. The molecule has 24 heavy (non-hydrogen) atoms. The molecule has 0 atom stereocenters. The van der Waals surface area contributed by atoms with E-state index in [0.29, 0.717) is 12.1 Å². The Morgan fingerprint density at radius 2 is 2.08 bits per heavy atom. The Hall–Kier alpha value is -3.41. The Labute approximate surface area is 138 Å². The second kappa shape index (κ2) is 6.00. The Kier molecular flexibility index (Phi) is 3.55. The lowest BCUT2D eigenvalue weighted by molar-refractivity contribution is 0.102. The summed E-state index contributed by atoms with van der Waals surface area (Å²) in [6.45, 7) is 0.553. The van der Waals surface area contributed by atoms with Crippen molar-refractivity contribution >= 4 is 22.5 Å². The summed E-state index contributed by atoms with van der Waals surface area (Å²) in [5, 5.41) is 15.0. The maximum Gasteiger partial charge on any atom is 0.256 e. The Balaban J connectivity index is 1.59. The molecule has 0 unspecified atom stereocenters. The maximum atomic E-state index is 12.7. The van der Waals surface area contributed by atoms with Crippen molar-refractivity contribution in [2.45, 2.75) is 6.54 Å². The molecule has 0 radical (unpaired) electrons. The largest absolute Gasteiger partial charge is 0.322 e. The summed E-state index contributed by atoms with van der Waals surface area (Å²) < 4.78 is 1.80. The van der Waals surface area contributed by atoms with Crippen LogP contribution in [0.3, 0.4) is 0 Å². The van der Waals surface area contributed by atoms with Crippen LogP contribution in [-0.2, 0) is 6.54 Å². The second-order valence-corrected chi connectivity index (χ2v) is 5.49. The summed E-state index contributed by atoms with van der Waals surface area (Å²) in [6.07, 6.45) is 5.33. The highest BCUT2D eigenvalue weighted by Crippen LogP contribution is 2.18. The third kappa shape index (κ3) is 2.77. The van der Waals surface area contributed by atoms with Crippen LogP contribution in [0.2, 0.25) is 0 Å². The van der Waals surface area contributed by atoms with Gasteiger partial charge >= 0.3 is 0 Å². The Bertz CT molecular complexity index is 988. The molecule has 1 amide bonds. The number of aromatic amines is 1. The molecule has 0 aliphatic carbocycles. The maximum absolute atomic E-state index is 12.7. The van der Waals surface area contributed by atoms with E-state index in [0.717, 1.165) is 22.2 Å². The fourth-order valence-electron chi connectivity index (χ4n) is 2.67. The lowest BCUT2D eigenvalue weighted by Gasteiger charge is -2.10. The average Bonchev–Trinajstić information content (AvgIpc) is 3.26. The van der Waals surface area contributed by atoms with Crippen molar-refractivity contribution in [2.24, 2.45) is 0 Å². The number of nitrogens with zero attached hydrogens (tertiary/aromatic N) is 3. The fourth-order valence-corrected chi connectivity index (χ4v) is 2.67. The molecule has 2 aromatic heterocycles. The van der Waals surface area contributed by atoms with E-state index in [1.165, 1.54) is 0 Å². The number of aromatic nitrogens is 4. The lowest BCUT2D eigenvalue weighted by Crippen LogP contribution is -2.15. The molecule has 4 rings (SSSR count). The lowest BCUT2D eigenvalue weighted by atomic mass is 10.1. The number of fused-ring (bicyclic) bond motifs is 1. The zero-order chi connectivity index (χ0) is 16.4. The number of benzene rings is 2. The van der Waals surface area contributed by atoms with E-state index in [2.05, 4.69) is 20.6 Å². The molecule has 0 spiro atoms. The van der Waals surface area contributed by atoms with Gasteiger partial charge in [-0.1, -0.05) is 18.2 Å². The molecule has 0 bridgehead atoms. The number of hydrogen-bond donors (Lipinski definition) is 2. The van der Waals surface area contributed by atoms with Crippen molar-refractivity contribution in [3.8, 4) is 0 Å². The van der Waals surface area contributed by atoms with Gasteiger partial charge < -0.3 is 5.32 Å². The van der Waals surface area contributed by atoms with Crippen molar-refractivity contribution in [1.82, 2.24) is 20.0 Å². The van der Waals surface area contributed by atoms with Gasteiger partial charge in [0, 0.05) is 29.0 Å². The van der Waals surface area contributed by atoms with Gasteiger partial charge in [0.2, 0.25) is 0 Å². The first kappa shape index (κ1) is 14.2. The van der Waals surface area contributed by atoms with Crippen LogP contribution in [0.25, 0.3) is 10.9 Å². The van der Waals surface area contributed by atoms with Crippen LogP contribution in [0.15, 0.2) is 67.1 Å². The quantitative estimate of drug-likeness (QED) is 0.607. The van der Waals surface area contributed by atoms with Crippen LogP contribution < -0.4 is 5.32 Å². The zero-order valence-electron chi connectivity index (χ0n) is 12.8. The zero-order valence-corrected chi connectivity index (χ0v) is 12.8. The number of H-pyrrole nitrogens is 1. The molecule has 2 N–H and O–H groups in total. The van der Waals surface area contributed by atoms with Crippen molar-refractivity contribution in [1.29, 1.82) is 0 Å². The number of anilines is 1. The fraction of sp³-hybridized carbons (Fsp3) is 0.0556. The predicted octanol–water partition coefficient (Wildman–Crippen LogP) is 3.06. The number of hydrogen-bond acceptors (Lipinski definition) is 3. The minimum atomic E-state index is -0.138. The van der Waals surface area contributed by atoms with Crippen LogP contribution in [0.4, 0.5) is 5.69 Å². The van der Waals surface area contributed by atoms with Crippen LogP contribution in [-0.4, -0.2) is 25.9 Å². The molecular weight excluding hydrogens is 302 g/mol. The summed E-state index contributed by atoms with van der Waals surface area (Å²) in [5.74, 6) is -0.138. The van der Waals surface area contributed by atoms with E-state index >= 15 is 0 Å². The summed E-state index contributed by atoms with van der Waals surface area (Å²) in [7, 11) is 0. The second-order valence-electron chi connectivity index (χ2n) is 5.49. The van der Waals surface area contributed by atoms with E-state index in [1.807, 2.05) is 54.7 Å².